The molecule has 0 radical (unpaired) electrons. The first-order chi connectivity index (χ1) is 15.0. The molecule has 1 aliphatic heterocycles. The average Bonchev–Trinajstić information content (AvgIpc) is 3.32. The number of amides is 1. The van der Waals surface area contributed by atoms with Gasteiger partial charge in [-0.1, -0.05) is 12.1 Å². The van der Waals surface area contributed by atoms with Crippen molar-refractivity contribution < 1.29 is 28.5 Å². The Balaban J connectivity index is 1.39. The van der Waals surface area contributed by atoms with Crippen LogP contribution in [0.1, 0.15) is 35.7 Å². The molecular formula is C24H29NO6. The molecule has 0 unspecified atom stereocenters. The summed E-state index contributed by atoms with van der Waals surface area (Å²) in [5.74, 6) is 0.564. The smallest absolute Gasteiger partial charge is 0.338 e. The van der Waals surface area contributed by atoms with Gasteiger partial charge in [-0.25, -0.2) is 4.79 Å². The number of rotatable bonds is 10. The van der Waals surface area contributed by atoms with E-state index in [1.165, 1.54) is 0 Å². The van der Waals surface area contributed by atoms with Crippen molar-refractivity contribution in [1.82, 2.24) is 5.32 Å². The van der Waals surface area contributed by atoms with Crippen molar-refractivity contribution in [3.63, 3.8) is 0 Å². The Morgan fingerprint density at radius 1 is 1.10 bits per heavy atom. The summed E-state index contributed by atoms with van der Waals surface area (Å²) in [7, 11) is 1.62. The van der Waals surface area contributed by atoms with Crippen molar-refractivity contribution in [3.05, 3.63) is 59.7 Å². The zero-order valence-corrected chi connectivity index (χ0v) is 18.0. The van der Waals surface area contributed by atoms with Gasteiger partial charge in [-0.2, -0.15) is 0 Å². The lowest BCUT2D eigenvalue weighted by atomic mass is 10.1. The number of esters is 1. The minimum Gasteiger partial charge on any atom is -0.497 e. The molecule has 1 aliphatic rings. The molecule has 0 aromatic heterocycles. The van der Waals surface area contributed by atoms with Crippen LogP contribution in [0.3, 0.4) is 0 Å². The number of ether oxygens (including phenoxy) is 4. The Morgan fingerprint density at radius 2 is 1.81 bits per heavy atom. The van der Waals surface area contributed by atoms with E-state index in [9.17, 15) is 9.59 Å². The maximum absolute atomic E-state index is 12.3. The molecule has 7 nitrogen and oxygen atoms in total. The highest BCUT2D eigenvalue weighted by Crippen LogP contribution is 2.17. The third-order valence-corrected chi connectivity index (χ3v) is 5.07. The number of nitrogens with one attached hydrogen (secondary N) is 1. The van der Waals surface area contributed by atoms with Gasteiger partial charge in [0.15, 0.2) is 6.10 Å². The predicted octanol–water partition coefficient (Wildman–Crippen LogP) is 3.16. The highest BCUT2D eigenvalue weighted by molar-refractivity contribution is 5.92. The summed E-state index contributed by atoms with van der Waals surface area (Å²) in [5, 5.41) is 2.79. The second-order valence-corrected chi connectivity index (χ2v) is 7.41. The van der Waals surface area contributed by atoms with Crippen LogP contribution in [-0.2, 0) is 20.7 Å². The first-order valence-corrected chi connectivity index (χ1v) is 10.5. The first kappa shape index (κ1) is 22.6. The zero-order chi connectivity index (χ0) is 22.1. The van der Waals surface area contributed by atoms with Crippen molar-refractivity contribution in [1.29, 1.82) is 0 Å². The van der Waals surface area contributed by atoms with Crippen LogP contribution in [0.4, 0.5) is 0 Å². The Bertz CT molecular complexity index is 843. The molecule has 7 heteroatoms. The molecule has 2 aromatic carbocycles. The molecule has 0 bridgehead atoms. The lowest BCUT2D eigenvalue weighted by Gasteiger charge is -2.14. The second-order valence-electron chi connectivity index (χ2n) is 7.41. The third-order valence-electron chi connectivity index (χ3n) is 5.07. The van der Waals surface area contributed by atoms with Crippen molar-refractivity contribution >= 4 is 11.9 Å². The van der Waals surface area contributed by atoms with Gasteiger partial charge in [0.05, 0.1) is 18.8 Å². The van der Waals surface area contributed by atoms with Gasteiger partial charge in [0, 0.05) is 13.2 Å². The van der Waals surface area contributed by atoms with Crippen LogP contribution < -0.4 is 14.8 Å². The Morgan fingerprint density at radius 3 is 2.45 bits per heavy atom. The number of benzene rings is 2. The lowest BCUT2D eigenvalue weighted by Crippen LogP contribution is -2.36. The Kier molecular flexibility index (Phi) is 8.29. The Labute approximate surface area is 182 Å². The molecule has 1 amide bonds. The first-order valence-electron chi connectivity index (χ1n) is 10.5. The number of carbonyl (C=O) groups is 2. The number of hydrogen-bond acceptors (Lipinski definition) is 6. The van der Waals surface area contributed by atoms with Crippen LogP contribution in [0.15, 0.2) is 48.5 Å². The zero-order valence-electron chi connectivity index (χ0n) is 18.0. The second kappa shape index (κ2) is 11.4. The SMILES string of the molecule is COc1ccc(CCNC(=O)[C@@H](C)OC(=O)c2ccc(OC[C@H]3CCCO3)cc2)cc1. The van der Waals surface area contributed by atoms with E-state index < -0.39 is 12.1 Å². The summed E-state index contributed by atoms with van der Waals surface area (Å²) in [6, 6.07) is 14.3. The van der Waals surface area contributed by atoms with E-state index in [0.29, 0.717) is 30.9 Å². The van der Waals surface area contributed by atoms with Crippen molar-refractivity contribution in [2.45, 2.75) is 38.4 Å². The number of hydrogen-bond donors (Lipinski definition) is 1. The van der Waals surface area contributed by atoms with Gasteiger partial charge in [0.1, 0.15) is 18.1 Å². The van der Waals surface area contributed by atoms with E-state index in [-0.39, 0.29) is 12.0 Å². The highest BCUT2D eigenvalue weighted by atomic mass is 16.5. The van der Waals surface area contributed by atoms with E-state index in [1.807, 2.05) is 24.3 Å². The quantitative estimate of drug-likeness (QED) is 0.587. The highest BCUT2D eigenvalue weighted by Gasteiger charge is 2.19. The van der Waals surface area contributed by atoms with E-state index in [2.05, 4.69) is 5.32 Å². The molecule has 0 saturated carbocycles. The molecule has 0 spiro atoms. The summed E-state index contributed by atoms with van der Waals surface area (Å²) in [5.41, 5.74) is 1.44. The van der Waals surface area contributed by atoms with Gasteiger partial charge in [-0.3, -0.25) is 4.79 Å². The summed E-state index contributed by atoms with van der Waals surface area (Å²) < 4.78 is 21.6. The van der Waals surface area contributed by atoms with Gasteiger partial charge >= 0.3 is 5.97 Å². The summed E-state index contributed by atoms with van der Waals surface area (Å²) in [6.07, 6.45) is 1.98. The average molecular weight is 427 g/mol. The van der Waals surface area contributed by atoms with Gasteiger partial charge in [0.2, 0.25) is 0 Å². The lowest BCUT2D eigenvalue weighted by molar-refractivity contribution is -0.129. The maximum Gasteiger partial charge on any atom is 0.338 e. The minimum absolute atomic E-state index is 0.133. The van der Waals surface area contributed by atoms with E-state index >= 15 is 0 Å². The summed E-state index contributed by atoms with van der Waals surface area (Å²) >= 11 is 0. The van der Waals surface area contributed by atoms with Crippen LogP contribution in [0.5, 0.6) is 11.5 Å². The summed E-state index contributed by atoms with van der Waals surface area (Å²) in [4.78, 5) is 24.5. The van der Waals surface area contributed by atoms with Crippen molar-refractivity contribution in [2.24, 2.45) is 0 Å². The fourth-order valence-electron chi connectivity index (χ4n) is 3.20. The molecule has 31 heavy (non-hydrogen) atoms. The van der Waals surface area contributed by atoms with Crippen LogP contribution in [0.25, 0.3) is 0 Å². The molecule has 1 fully saturated rings. The maximum atomic E-state index is 12.3. The molecule has 1 saturated heterocycles. The molecule has 0 aliphatic carbocycles. The number of methoxy groups -OCH3 is 1. The van der Waals surface area contributed by atoms with Crippen LogP contribution >= 0.6 is 0 Å². The van der Waals surface area contributed by atoms with Gasteiger partial charge in [-0.05, 0) is 68.1 Å². The summed E-state index contributed by atoms with van der Waals surface area (Å²) in [6.45, 7) is 3.28. The molecule has 2 aromatic rings. The predicted molar refractivity (Wildman–Crippen MR) is 115 cm³/mol. The normalized spacial score (nSPS) is 16.4. The topological polar surface area (TPSA) is 83.1 Å². The van der Waals surface area contributed by atoms with Crippen LogP contribution in [0, 0.1) is 0 Å². The number of carbonyl (C=O) groups excluding carboxylic acids is 2. The molecule has 3 rings (SSSR count). The van der Waals surface area contributed by atoms with Crippen molar-refractivity contribution in [3.8, 4) is 11.5 Å². The largest absolute Gasteiger partial charge is 0.497 e. The monoisotopic (exact) mass is 427 g/mol. The van der Waals surface area contributed by atoms with E-state index in [1.54, 1.807) is 38.3 Å². The van der Waals surface area contributed by atoms with Crippen LogP contribution in [-0.4, -0.2) is 51.0 Å². The van der Waals surface area contributed by atoms with Crippen LogP contribution in [0.2, 0.25) is 0 Å². The van der Waals surface area contributed by atoms with Gasteiger partial charge in [0.25, 0.3) is 5.91 Å². The third kappa shape index (κ3) is 7.00. The fraction of sp³-hybridized carbons (Fsp3) is 0.417. The molecule has 166 valence electrons. The molecular weight excluding hydrogens is 398 g/mol. The Hall–Kier alpha value is -3.06. The van der Waals surface area contributed by atoms with E-state index in [0.717, 1.165) is 30.8 Å². The standard InChI is InChI=1S/C24H29NO6/c1-17(23(26)25-14-13-18-5-9-20(28-2)10-6-18)31-24(27)19-7-11-21(12-8-19)30-16-22-4-3-15-29-22/h5-12,17,22H,3-4,13-16H2,1-2H3,(H,25,26)/t17-,22-/m1/s1. The van der Waals surface area contributed by atoms with Gasteiger partial charge < -0.3 is 24.3 Å². The molecule has 1 N–H and O–H groups in total. The minimum atomic E-state index is -0.890. The molecule has 2 atom stereocenters. The van der Waals surface area contributed by atoms with E-state index in [4.69, 9.17) is 18.9 Å². The van der Waals surface area contributed by atoms with Gasteiger partial charge in [-0.15, -0.1) is 0 Å². The molecule has 1 heterocycles. The van der Waals surface area contributed by atoms with Crippen molar-refractivity contribution in [2.75, 3.05) is 26.9 Å². The fourth-order valence-corrected chi connectivity index (χ4v) is 3.20.